The molecule has 1 aromatic rings. The van der Waals surface area contributed by atoms with E-state index in [0.717, 1.165) is 0 Å². The molecule has 0 aliphatic carbocycles. The van der Waals surface area contributed by atoms with E-state index >= 15 is 0 Å². The molecule has 0 heterocycles. The number of anilines is 1. The predicted octanol–water partition coefficient (Wildman–Crippen LogP) is 3.51. The first-order chi connectivity index (χ1) is 7.20. The number of hydrogen-bond donors (Lipinski definition) is 1. The summed E-state index contributed by atoms with van der Waals surface area (Å²) in [5.41, 5.74) is 7.73. The molecule has 0 fully saturated rings. The smallest absolute Gasteiger partial charge is 0.406 e. The zero-order valence-electron chi connectivity index (χ0n) is 8.98. The number of aryl methyl sites for hydroxylation is 1. The van der Waals surface area contributed by atoms with Crippen molar-refractivity contribution in [3.63, 3.8) is 0 Å². The molecule has 0 atom stereocenters. The summed E-state index contributed by atoms with van der Waals surface area (Å²) >= 11 is 0. The lowest BCUT2D eigenvalue weighted by molar-refractivity contribution is -0.274. The molecule has 2 N–H and O–H groups in total. The first-order valence-electron chi connectivity index (χ1n) is 4.52. The minimum atomic E-state index is -4.70. The fraction of sp³-hybridized carbons (Fsp3) is 0.273. The van der Waals surface area contributed by atoms with Crippen LogP contribution in [-0.2, 0) is 0 Å². The summed E-state index contributed by atoms with van der Waals surface area (Å²) in [4.78, 5) is 0. The molecule has 1 rings (SSSR count). The SMILES string of the molecule is C=C(C)c1cc(OC(F)(F)F)cc(C)c1N. The van der Waals surface area contributed by atoms with Crippen molar-refractivity contribution in [2.45, 2.75) is 20.2 Å². The van der Waals surface area contributed by atoms with Crippen molar-refractivity contribution < 1.29 is 17.9 Å². The molecule has 0 bridgehead atoms. The van der Waals surface area contributed by atoms with Crippen molar-refractivity contribution in [1.82, 2.24) is 0 Å². The van der Waals surface area contributed by atoms with Crippen LogP contribution < -0.4 is 10.5 Å². The summed E-state index contributed by atoms with van der Waals surface area (Å²) in [6.45, 7) is 6.93. The van der Waals surface area contributed by atoms with E-state index in [2.05, 4.69) is 11.3 Å². The Morgan fingerprint density at radius 3 is 2.38 bits per heavy atom. The third kappa shape index (κ3) is 2.92. The first-order valence-corrected chi connectivity index (χ1v) is 4.52. The highest BCUT2D eigenvalue weighted by atomic mass is 19.4. The van der Waals surface area contributed by atoms with E-state index in [1.54, 1.807) is 13.8 Å². The van der Waals surface area contributed by atoms with E-state index in [9.17, 15) is 13.2 Å². The van der Waals surface area contributed by atoms with Gasteiger partial charge in [-0.05, 0) is 37.1 Å². The topological polar surface area (TPSA) is 35.2 Å². The summed E-state index contributed by atoms with van der Waals surface area (Å²) in [6, 6.07) is 2.48. The highest BCUT2D eigenvalue weighted by Gasteiger charge is 2.31. The normalized spacial score (nSPS) is 11.3. The van der Waals surface area contributed by atoms with Crippen LogP contribution in [0.4, 0.5) is 18.9 Å². The zero-order valence-corrected chi connectivity index (χ0v) is 8.98. The molecular weight excluding hydrogens is 219 g/mol. The van der Waals surface area contributed by atoms with Crippen LogP contribution in [0.1, 0.15) is 18.1 Å². The summed E-state index contributed by atoms with van der Waals surface area (Å²) in [6.07, 6.45) is -4.70. The highest BCUT2D eigenvalue weighted by Crippen LogP contribution is 2.31. The van der Waals surface area contributed by atoms with Crippen LogP contribution in [0.5, 0.6) is 5.75 Å². The van der Waals surface area contributed by atoms with Crippen LogP contribution in [-0.4, -0.2) is 6.36 Å². The Bertz CT molecular complexity index is 424. The van der Waals surface area contributed by atoms with Gasteiger partial charge in [0.05, 0.1) is 0 Å². The van der Waals surface area contributed by atoms with Crippen LogP contribution in [0.2, 0.25) is 0 Å². The molecule has 0 aliphatic heterocycles. The van der Waals surface area contributed by atoms with E-state index in [1.807, 2.05) is 0 Å². The van der Waals surface area contributed by atoms with Gasteiger partial charge in [0.2, 0.25) is 0 Å². The molecule has 0 radical (unpaired) electrons. The summed E-state index contributed by atoms with van der Waals surface area (Å²) < 4.78 is 39.9. The van der Waals surface area contributed by atoms with Gasteiger partial charge in [-0.1, -0.05) is 6.58 Å². The monoisotopic (exact) mass is 231 g/mol. The number of rotatable bonds is 2. The number of nitrogen functional groups attached to an aromatic ring is 1. The van der Waals surface area contributed by atoms with Gasteiger partial charge >= 0.3 is 6.36 Å². The maximum atomic E-state index is 12.0. The standard InChI is InChI=1S/C11H12F3NO/c1-6(2)9-5-8(16-11(12,13)14)4-7(3)10(9)15/h4-5H,1,15H2,2-3H3. The Morgan fingerprint density at radius 1 is 1.38 bits per heavy atom. The molecule has 0 saturated heterocycles. The Morgan fingerprint density at radius 2 is 1.94 bits per heavy atom. The van der Waals surface area contributed by atoms with Crippen molar-refractivity contribution >= 4 is 11.3 Å². The van der Waals surface area contributed by atoms with Crippen LogP contribution in [0.15, 0.2) is 18.7 Å². The quantitative estimate of drug-likeness (QED) is 0.790. The third-order valence-corrected chi connectivity index (χ3v) is 2.05. The zero-order chi connectivity index (χ0) is 12.5. The maximum Gasteiger partial charge on any atom is 0.573 e. The molecule has 1 aromatic carbocycles. The molecule has 88 valence electrons. The minimum absolute atomic E-state index is 0.280. The Balaban J connectivity index is 3.19. The van der Waals surface area contributed by atoms with Gasteiger partial charge < -0.3 is 10.5 Å². The van der Waals surface area contributed by atoms with Gasteiger partial charge in [0.1, 0.15) is 5.75 Å². The van der Waals surface area contributed by atoms with Crippen LogP contribution >= 0.6 is 0 Å². The van der Waals surface area contributed by atoms with E-state index in [4.69, 9.17) is 5.73 Å². The summed E-state index contributed by atoms with van der Waals surface area (Å²) in [7, 11) is 0. The number of nitrogens with two attached hydrogens (primary N) is 1. The molecule has 0 aromatic heterocycles. The van der Waals surface area contributed by atoms with Gasteiger partial charge in [0, 0.05) is 11.3 Å². The number of allylic oxidation sites excluding steroid dienone is 1. The van der Waals surface area contributed by atoms with Gasteiger partial charge in [-0.2, -0.15) is 0 Å². The molecular formula is C11H12F3NO. The number of hydrogen-bond acceptors (Lipinski definition) is 2. The summed E-state index contributed by atoms with van der Waals surface area (Å²) in [5.74, 6) is -0.280. The average Bonchev–Trinajstić information content (AvgIpc) is 2.07. The van der Waals surface area contributed by atoms with Gasteiger partial charge in [-0.3, -0.25) is 0 Å². The molecule has 0 aliphatic rings. The lowest BCUT2D eigenvalue weighted by Gasteiger charge is -2.14. The largest absolute Gasteiger partial charge is 0.573 e. The molecule has 0 saturated carbocycles. The Labute approximate surface area is 91.5 Å². The fourth-order valence-electron chi connectivity index (χ4n) is 1.31. The lowest BCUT2D eigenvalue weighted by Crippen LogP contribution is -2.17. The molecule has 2 nitrogen and oxygen atoms in total. The molecule has 16 heavy (non-hydrogen) atoms. The first kappa shape index (κ1) is 12.4. The Hall–Kier alpha value is -1.65. The average molecular weight is 231 g/mol. The van der Waals surface area contributed by atoms with Crippen molar-refractivity contribution in [3.8, 4) is 5.75 Å². The van der Waals surface area contributed by atoms with Crippen molar-refractivity contribution in [3.05, 3.63) is 29.8 Å². The minimum Gasteiger partial charge on any atom is -0.406 e. The second-order valence-corrected chi connectivity index (χ2v) is 3.53. The van der Waals surface area contributed by atoms with Gasteiger partial charge in [-0.25, -0.2) is 0 Å². The molecule has 0 unspecified atom stereocenters. The van der Waals surface area contributed by atoms with Gasteiger partial charge in [-0.15, -0.1) is 13.2 Å². The van der Waals surface area contributed by atoms with Gasteiger partial charge in [0.15, 0.2) is 0 Å². The number of alkyl halides is 3. The third-order valence-electron chi connectivity index (χ3n) is 2.05. The predicted molar refractivity (Wildman–Crippen MR) is 57.0 cm³/mol. The van der Waals surface area contributed by atoms with E-state index in [-0.39, 0.29) is 5.75 Å². The summed E-state index contributed by atoms with van der Waals surface area (Å²) in [5, 5.41) is 0. The van der Waals surface area contributed by atoms with Crippen LogP contribution in [0, 0.1) is 6.92 Å². The lowest BCUT2D eigenvalue weighted by atomic mass is 10.0. The van der Waals surface area contributed by atoms with Crippen LogP contribution in [0.25, 0.3) is 5.57 Å². The second-order valence-electron chi connectivity index (χ2n) is 3.53. The maximum absolute atomic E-state index is 12.0. The van der Waals surface area contributed by atoms with E-state index in [1.165, 1.54) is 12.1 Å². The van der Waals surface area contributed by atoms with Crippen molar-refractivity contribution in [1.29, 1.82) is 0 Å². The Kier molecular flexibility index (Phi) is 3.16. The molecule has 0 amide bonds. The highest BCUT2D eigenvalue weighted by molar-refractivity contribution is 5.75. The second kappa shape index (κ2) is 4.08. The van der Waals surface area contributed by atoms with E-state index in [0.29, 0.717) is 22.4 Å². The molecule has 0 spiro atoms. The number of ether oxygens (including phenoxy) is 1. The number of benzene rings is 1. The van der Waals surface area contributed by atoms with Gasteiger partial charge in [0.25, 0.3) is 0 Å². The van der Waals surface area contributed by atoms with Crippen LogP contribution in [0.3, 0.4) is 0 Å². The fourth-order valence-corrected chi connectivity index (χ4v) is 1.31. The van der Waals surface area contributed by atoms with Crippen molar-refractivity contribution in [2.75, 3.05) is 5.73 Å². The molecule has 5 heteroatoms. The van der Waals surface area contributed by atoms with E-state index < -0.39 is 6.36 Å². The number of halogens is 3. The van der Waals surface area contributed by atoms with Crippen molar-refractivity contribution in [2.24, 2.45) is 0 Å².